The molecule has 0 bridgehead atoms. The fraction of sp³-hybridized carbons (Fsp3) is 0.400. The molecule has 4 N–H and O–H groups in total. The zero-order valence-corrected chi connectivity index (χ0v) is 15.8. The van der Waals surface area contributed by atoms with E-state index in [-0.39, 0.29) is 17.9 Å². The van der Waals surface area contributed by atoms with Crippen LogP contribution in [-0.2, 0) is 4.79 Å². The minimum absolute atomic E-state index is 0.0498. The van der Waals surface area contributed by atoms with Crippen molar-refractivity contribution in [3.63, 3.8) is 0 Å². The number of hydrazine groups is 1. The second-order valence-electron chi connectivity index (χ2n) is 6.68. The third-order valence-electron chi connectivity index (χ3n) is 4.64. The van der Waals surface area contributed by atoms with Gasteiger partial charge in [-0.15, -0.1) is 0 Å². The first-order chi connectivity index (χ1) is 13.2. The molecule has 2 atom stereocenters. The highest BCUT2D eigenvalue weighted by Crippen LogP contribution is 2.27. The van der Waals surface area contributed by atoms with E-state index in [1.807, 2.05) is 49.5 Å². The minimum atomic E-state index is -0.163. The molecule has 1 aliphatic rings. The molecular formula is C20H27N5O2. The van der Waals surface area contributed by atoms with Crippen LogP contribution in [0.2, 0.25) is 0 Å². The van der Waals surface area contributed by atoms with Gasteiger partial charge in [-0.05, 0) is 42.7 Å². The van der Waals surface area contributed by atoms with Crippen molar-refractivity contribution >= 4 is 11.7 Å². The lowest BCUT2D eigenvalue weighted by atomic mass is 9.94. The average Bonchev–Trinajstić information content (AvgIpc) is 3.19. The number of carbonyl (C=O) groups is 1. The molecule has 7 heteroatoms. The molecule has 3 rings (SSSR count). The van der Waals surface area contributed by atoms with Gasteiger partial charge in [-0.1, -0.05) is 18.2 Å². The Labute approximate surface area is 159 Å². The van der Waals surface area contributed by atoms with Crippen LogP contribution >= 0.6 is 0 Å². The van der Waals surface area contributed by atoms with Crippen LogP contribution in [0.4, 0.5) is 5.82 Å². The van der Waals surface area contributed by atoms with Crippen LogP contribution in [0.25, 0.3) is 0 Å². The largest absolute Gasteiger partial charge is 0.497 e. The van der Waals surface area contributed by atoms with Gasteiger partial charge in [0.15, 0.2) is 0 Å². The summed E-state index contributed by atoms with van der Waals surface area (Å²) in [4.78, 5) is 16.9. The van der Waals surface area contributed by atoms with Gasteiger partial charge in [0.25, 0.3) is 0 Å². The smallest absolute Gasteiger partial charge is 0.226 e. The number of hydrogen-bond donors (Lipinski definition) is 4. The number of methoxy groups -OCH3 is 1. The van der Waals surface area contributed by atoms with Gasteiger partial charge in [-0.2, -0.15) is 0 Å². The highest BCUT2D eigenvalue weighted by molar-refractivity contribution is 5.80. The Morgan fingerprint density at radius 2 is 2.19 bits per heavy atom. The fourth-order valence-corrected chi connectivity index (χ4v) is 3.11. The normalized spacial score (nSPS) is 18.9. The third kappa shape index (κ3) is 5.18. The van der Waals surface area contributed by atoms with Crippen LogP contribution in [0.5, 0.6) is 5.75 Å². The molecule has 1 saturated heterocycles. The molecular weight excluding hydrogens is 342 g/mol. The van der Waals surface area contributed by atoms with E-state index < -0.39 is 0 Å². The van der Waals surface area contributed by atoms with Crippen LogP contribution < -0.4 is 26.2 Å². The molecule has 1 aromatic carbocycles. The van der Waals surface area contributed by atoms with E-state index in [4.69, 9.17) is 4.74 Å². The summed E-state index contributed by atoms with van der Waals surface area (Å²) in [6, 6.07) is 11.7. The van der Waals surface area contributed by atoms with Crippen molar-refractivity contribution in [1.29, 1.82) is 0 Å². The summed E-state index contributed by atoms with van der Waals surface area (Å²) in [7, 11) is 1.64. The Balaban J connectivity index is 1.44. The molecule has 144 valence electrons. The summed E-state index contributed by atoms with van der Waals surface area (Å²) in [5, 5.41) is 6.30. The lowest BCUT2D eigenvalue weighted by molar-refractivity contribution is -0.124. The van der Waals surface area contributed by atoms with Crippen molar-refractivity contribution in [2.24, 2.45) is 5.92 Å². The third-order valence-corrected chi connectivity index (χ3v) is 4.64. The van der Waals surface area contributed by atoms with E-state index in [0.717, 1.165) is 35.7 Å². The Morgan fingerprint density at radius 3 is 2.96 bits per heavy atom. The van der Waals surface area contributed by atoms with Crippen LogP contribution in [0.3, 0.4) is 0 Å². The van der Waals surface area contributed by atoms with E-state index in [9.17, 15) is 4.79 Å². The number of benzene rings is 1. The molecule has 1 amide bonds. The summed E-state index contributed by atoms with van der Waals surface area (Å²) >= 11 is 0. The van der Waals surface area contributed by atoms with Gasteiger partial charge in [0, 0.05) is 25.8 Å². The summed E-state index contributed by atoms with van der Waals surface area (Å²) in [5.41, 5.74) is 8.46. The van der Waals surface area contributed by atoms with Gasteiger partial charge in [-0.3, -0.25) is 10.2 Å². The van der Waals surface area contributed by atoms with Gasteiger partial charge >= 0.3 is 0 Å². The molecule has 27 heavy (non-hydrogen) atoms. The highest BCUT2D eigenvalue weighted by Gasteiger charge is 2.33. The highest BCUT2D eigenvalue weighted by atomic mass is 16.5. The maximum Gasteiger partial charge on any atom is 0.226 e. The van der Waals surface area contributed by atoms with Crippen LogP contribution in [0.15, 0.2) is 42.6 Å². The average molecular weight is 369 g/mol. The second kappa shape index (κ2) is 9.34. The number of rotatable bonds is 8. The number of pyridine rings is 1. The zero-order valence-electron chi connectivity index (χ0n) is 15.8. The van der Waals surface area contributed by atoms with E-state index >= 15 is 0 Å². The molecule has 2 heterocycles. The lowest BCUT2D eigenvalue weighted by Crippen LogP contribution is -2.36. The summed E-state index contributed by atoms with van der Waals surface area (Å²) < 4.78 is 5.28. The number of amides is 1. The molecule has 0 aliphatic carbocycles. The van der Waals surface area contributed by atoms with Crippen molar-refractivity contribution in [2.45, 2.75) is 19.4 Å². The van der Waals surface area contributed by atoms with E-state index in [0.29, 0.717) is 13.1 Å². The van der Waals surface area contributed by atoms with Gasteiger partial charge in [0.2, 0.25) is 5.91 Å². The molecule has 2 aromatic rings. The van der Waals surface area contributed by atoms with Crippen molar-refractivity contribution in [1.82, 2.24) is 21.2 Å². The number of aromatic nitrogens is 1. The summed E-state index contributed by atoms with van der Waals surface area (Å²) in [5.74, 6) is 1.53. The molecule has 0 radical (unpaired) electrons. The molecule has 1 aromatic heterocycles. The predicted octanol–water partition coefficient (Wildman–Crippen LogP) is 1.78. The van der Waals surface area contributed by atoms with Gasteiger partial charge in [0.1, 0.15) is 11.6 Å². The van der Waals surface area contributed by atoms with Gasteiger partial charge in [-0.25, -0.2) is 10.4 Å². The van der Waals surface area contributed by atoms with E-state index in [1.165, 1.54) is 0 Å². The lowest BCUT2D eigenvalue weighted by Gasteiger charge is -2.19. The molecule has 1 fully saturated rings. The van der Waals surface area contributed by atoms with E-state index in [2.05, 4.69) is 26.5 Å². The topological polar surface area (TPSA) is 87.3 Å². The summed E-state index contributed by atoms with van der Waals surface area (Å²) in [6.45, 7) is 3.99. The van der Waals surface area contributed by atoms with Crippen molar-refractivity contribution in [3.05, 3.63) is 53.7 Å². The van der Waals surface area contributed by atoms with Crippen LogP contribution in [-0.4, -0.2) is 37.6 Å². The maximum absolute atomic E-state index is 12.6. The van der Waals surface area contributed by atoms with Gasteiger partial charge < -0.3 is 15.4 Å². The first kappa shape index (κ1) is 19.1. The zero-order chi connectivity index (χ0) is 19.1. The summed E-state index contributed by atoms with van der Waals surface area (Å²) in [6.07, 6.45) is 2.67. The second-order valence-corrected chi connectivity index (χ2v) is 6.68. The maximum atomic E-state index is 12.6. The van der Waals surface area contributed by atoms with Crippen LogP contribution in [0.1, 0.15) is 23.6 Å². The van der Waals surface area contributed by atoms with Crippen molar-refractivity contribution < 1.29 is 9.53 Å². The number of anilines is 1. The number of carbonyl (C=O) groups excluding carboxylic acids is 1. The molecule has 7 nitrogen and oxygen atoms in total. The quantitative estimate of drug-likeness (QED) is 0.531. The van der Waals surface area contributed by atoms with Crippen LogP contribution in [0, 0.1) is 12.8 Å². The Kier molecular flexibility index (Phi) is 6.62. The molecule has 1 aliphatic heterocycles. The van der Waals surface area contributed by atoms with E-state index in [1.54, 1.807) is 7.11 Å². The molecule has 0 spiro atoms. The number of aryl methyl sites for hydroxylation is 1. The first-order valence-electron chi connectivity index (χ1n) is 9.24. The van der Waals surface area contributed by atoms with Gasteiger partial charge in [0.05, 0.1) is 19.1 Å². The van der Waals surface area contributed by atoms with Crippen molar-refractivity contribution in [3.8, 4) is 5.75 Å². The van der Waals surface area contributed by atoms with Crippen molar-refractivity contribution in [2.75, 3.05) is 32.1 Å². The predicted molar refractivity (Wildman–Crippen MR) is 105 cm³/mol. The monoisotopic (exact) mass is 369 g/mol. The number of nitrogens with one attached hydrogen (secondary N) is 4. The number of ether oxygens (including phenoxy) is 1. The Bertz CT molecular complexity index is 750. The first-order valence-corrected chi connectivity index (χ1v) is 9.24. The Morgan fingerprint density at radius 1 is 1.30 bits per heavy atom. The molecule has 2 unspecified atom stereocenters. The minimum Gasteiger partial charge on any atom is -0.497 e. The molecule has 0 saturated carbocycles. The number of nitrogens with zero attached hydrogens (tertiary/aromatic N) is 1. The fourth-order valence-electron chi connectivity index (χ4n) is 3.11. The Hall–Kier alpha value is -2.64. The SMILES string of the molecule is COc1cccc(C2NNCC2C(=O)NCCCNc2ccc(C)cn2)c1. The standard InChI is InChI=1S/C20H27N5O2/c1-14-7-8-18(23-12-14)21-9-4-10-22-20(26)17-13-24-25-19(17)15-5-3-6-16(11-15)27-2/h3,5-8,11-12,17,19,24-25H,4,9-10,13H2,1-2H3,(H,21,23)(H,22,26). The number of hydrogen-bond acceptors (Lipinski definition) is 6.